The number of fused-ring (bicyclic) bond motifs is 1. The van der Waals surface area contributed by atoms with Crippen molar-refractivity contribution in [2.45, 2.75) is 6.42 Å². The summed E-state index contributed by atoms with van der Waals surface area (Å²) in [6, 6.07) is 5.86. The van der Waals surface area contributed by atoms with Gasteiger partial charge < -0.3 is 14.8 Å². The topological polar surface area (TPSA) is 60.5 Å². The minimum Gasteiger partial charge on any atom is -0.486 e. The fourth-order valence-corrected chi connectivity index (χ4v) is 2.51. The van der Waals surface area contributed by atoms with E-state index in [2.05, 4.69) is 10.3 Å². The lowest BCUT2D eigenvalue weighted by molar-refractivity contribution is 0.0950. The van der Waals surface area contributed by atoms with E-state index in [4.69, 9.17) is 9.47 Å². The maximum Gasteiger partial charge on any atom is 0.270 e. The lowest BCUT2D eigenvalue weighted by atomic mass is 10.1. The van der Waals surface area contributed by atoms with Crippen molar-refractivity contribution >= 4 is 17.2 Å². The molecule has 2 heterocycles. The third-order valence-electron chi connectivity index (χ3n) is 2.97. The van der Waals surface area contributed by atoms with Crippen LogP contribution in [-0.4, -0.2) is 30.6 Å². The van der Waals surface area contributed by atoms with Crippen LogP contribution in [0.2, 0.25) is 0 Å². The van der Waals surface area contributed by atoms with Gasteiger partial charge in [0.25, 0.3) is 5.91 Å². The number of carbonyl (C=O) groups is 1. The van der Waals surface area contributed by atoms with Crippen LogP contribution in [0.25, 0.3) is 0 Å². The molecule has 5 nitrogen and oxygen atoms in total. The van der Waals surface area contributed by atoms with Crippen molar-refractivity contribution in [3.8, 4) is 11.5 Å². The maximum atomic E-state index is 11.7. The standard InChI is InChI=1S/C14H14N2O3S/c17-14(11-8-20-9-16-11)15-4-3-10-1-2-12-13(7-10)19-6-5-18-12/h1-2,7-9H,3-6H2,(H,15,17). The fraction of sp³-hybridized carbons (Fsp3) is 0.286. The average molecular weight is 290 g/mol. The van der Waals surface area contributed by atoms with Gasteiger partial charge in [-0.05, 0) is 24.1 Å². The molecule has 2 aromatic rings. The summed E-state index contributed by atoms with van der Waals surface area (Å²) < 4.78 is 11.0. The van der Waals surface area contributed by atoms with E-state index in [9.17, 15) is 4.79 Å². The van der Waals surface area contributed by atoms with E-state index in [0.29, 0.717) is 25.5 Å². The summed E-state index contributed by atoms with van der Waals surface area (Å²) in [5.74, 6) is 1.43. The van der Waals surface area contributed by atoms with Gasteiger partial charge in [-0.2, -0.15) is 0 Å². The molecule has 0 saturated heterocycles. The predicted molar refractivity (Wildman–Crippen MR) is 75.6 cm³/mol. The zero-order valence-corrected chi connectivity index (χ0v) is 11.6. The molecule has 1 aromatic carbocycles. The first kappa shape index (κ1) is 12.9. The van der Waals surface area contributed by atoms with E-state index in [0.717, 1.165) is 23.5 Å². The first-order chi connectivity index (χ1) is 9.83. The van der Waals surface area contributed by atoms with Crippen LogP contribution in [-0.2, 0) is 6.42 Å². The normalized spacial score (nSPS) is 13.0. The molecule has 0 fully saturated rings. The van der Waals surface area contributed by atoms with Crippen LogP contribution in [0.3, 0.4) is 0 Å². The molecule has 1 aliphatic heterocycles. The number of ether oxygens (including phenoxy) is 2. The van der Waals surface area contributed by atoms with E-state index in [1.165, 1.54) is 11.3 Å². The summed E-state index contributed by atoms with van der Waals surface area (Å²) in [6.07, 6.45) is 0.743. The average Bonchev–Trinajstić information content (AvgIpc) is 3.01. The third-order valence-corrected chi connectivity index (χ3v) is 3.56. The second-order valence-electron chi connectivity index (χ2n) is 4.36. The lowest BCUT2D eigenvalue weighted by Crippen LogP contribution is -2.26. The molecular formula is C14H14N2O3S. The van der Waals surface area contributed by atoms with Crippen molar-refractivity contribution in [2.24, 2.45) is 0 Å². The van der Waals surface area contributed by atoms with Crippen molar-refractivity contribution in [1.82, 2.24) is 10.3 Å². The highest BCUT2D eigenvalue weighted by Gasteiger charge is 2.12. The smallest absolute Gasteiger partial charge is 0.270 e. The molecule has 3 rings (SSSR count). The number of rotatable bonds is 4. The van der Waals surface area contributed by atoms with E-state index in [-0.39, 0.29) is 5.91 Å². The van der Waals surface area contributed by atoms with E-state index >= 15 is 0 Å². The zero-order chi connectivity index (χ0) is 13.8. The summed E-state index contributed by atoms with van der Waals surface area (Å²) in [5, 5.41) is 4.58. The fourth-order valence-electron chi connectivity index (χ4n) is 1.98. The Labute approximate surface area is 120 Å². The molecule has 0 spiro atoms. The number of carbonyl (C=O) groups excluding carboxylic acids is 1. The molecule has 1 amide bonds. The SMILES string of the molecule is O=C(NCCc1ccc2c(c1)OCCO2)c1cscn1. The first-order valence-electron chi connectivity index (χ1n) is 6.38. The first-order valence-corrected chi connectivity index (χ1v) is 7.32. The Balaban J connectivity index is 1.55. The van der Waals surface area contributed by atoms with Crippen molar-refractivity contribution in [2.75, 3.05) is 19.8 Å². The molecule has 0 bridgehead atoms. The van der Waals surface area contributed by atoms with Gasteiger partial charge in [-0.25, -0.2) is 4.98 Å². The molecule has 1 N–H and O–H groups in total. The largest absolute Gasteiger partial charge is 0.486 e. The lowest BCUT2D eigenvalue weighted by Gasteiger charge is -2.18. The molecule has 0 saturated carbocycles. The van der Waals surface area contributed by atoms with Gasteiger partial charge in [0.15, 0.2) is 11.5 Å². The Bertz CT molecular complexity index is 598. The highest BCUT2D eigenvalue weighted by Crippen LogP contribution is 2.30. The summed E-state index contributed by atoms with van der Waals surface area (Å²) in [4.78, 5) is 15.7. The zero-order valence-electron chi connectivity index (χ0n) is 10.8. The number of nitrogens with one attached hydrogen (secondary N) is 1. The molecule has 6 heteroatoms. The van der Waals surface area contributed by atoms with E-state index in [1.807, 2.05) is 18.2 Å². The van der Waals surface area contributed by atoms with Gasteiger partial charge >= 0.3 is 0 Å². The van der Waals surface area contributed by atoms with Gasteiger partial charge in [0.2, 0.25) is 0 Å². The Morgan fingerprint density at radius 1 is 1.30 bits per heavy atom. The van der Waals surface area contributed by atoms with Gasteiger partial charge in [-0.15, -0.1) is 11.3 Å². The molecular weight excluding hydrogens is 276 g/mol. The van der Waals surface area contributed by atoms with Crippen molar-refractivity contribution in [1.29, 1.82) is 0 Å². The number of thiazole rings is 1. The summed E-state index contributed by atoms with van der Waals surface area (Å²) in [7, 11) is 0. The monoisotopic (exact) mass is 290 g/mol. The second kappa shape index (κ2) is 5.92. The quantitative estimate of drug-likeness (QED) is 0.934. The summed E-state index contributed by atoms with van der Waals surface area (Å²) in [6.45, 7) is 1.74. The van der Waals surface area contributed by atoms with Crippen LogP contribution in [0, 0.1) is 0 Å². The molecule has 1 aromatic heterocycles. The predicted octanol–water partition coefficient (Wildman–Crippen LogP) is 1.89. The van der Waals surface area contributed by atoms with Crippen LogP contribution in [0.4, 0.5) is 0 Å². The maximum absolute atomic E-state index is 11.7. The number of hydrogen-bond acceptors (Lipinski definition) is 5. The summed E-state index contributed by atoms with van der Waals surface area (Å²) in [5.41, 5.74) is 3.22. The number of hydrogen-bond donors (Lipinski definition) is 1. The van der Waals surface area contributed by atoms with Gasteiger partial charge in [-0.3, -0.25) is 4.79 Å². The van der Waals surface area contributed by atoms with E-state index < -0.39 is 0 Å². The van der Waals surface area contributed by atoms with Crippen molar-refractivity contribution in [3.63, 3.8) is 0 Å². The van der Waals surface area contributed by atoms with Crippen LogP contribution in [0.1, 0.15) is 16.1 Å². The Kier molecular flexibility index (Phi) is 3.83. The Morgan fingerprint density at radius 3 is 2.95 bits per heavy atom. The van der Waals surface area contributed by atoms with Gasteiger partial charge in [0.05, 0.1) is 5.51 Å². The minimum absolute atomic E-state index is 0.135. The van der Waals surface area contributed by atoms with Gasteiger partial charge in [-0.1, -0.05) is 6.07 Å². The molecule has 0 unspecified atom stereocenters. The molecule has 0 aliphatic carbocycles. The van der Waals surface area contributed by atoms with Crippen LogP contribution < -0.4 is 14.8 Å². The molecule has 0 atom stereocenters. The highest BCUT2D eigenvalue weighted by atomic mass is 32.1. The van der Waals surface area contributed by atoms with Crippen LogP contribution in [0.5, 0.6) is 11.5 Å². The molecule has 0 radical (unpaired) electrons. The minimum atomic E-state index is -0.135. The molecule has 20 heavy (non-hydrogen) atoms. The number of aromatic nitrogens is 1. The highest BCUT2D eigenvalue weighted by molar-refractivity contribution is 7.07. The van der Waals surface area contributed by atoms with Gasteiger partial charge in [0, 0.05) is 11.9 Å². The molecule has 1 aliphatic rings. The summed E-state index contributed by atoms with van der Waals surface area (Å²) >= 11 is 1.41. The number of amides is 1. The van der Waals surface area contributed by atoms with Crippen LogP contribution in [0.15, 0.2) is 29.1 Å². The van der Waals surface area contributed by atoms with Crippen molar-refractivity contribution in [3.05, 3.63) is 40.3 Å². The molecule has 104 valence electrons. The van der Waals surface area contributed by atoms with E-state index in [1.54, 1.807) is 10.9 Å². The number of nitrogens with zero attached hydrogens (tertiary/aromatic N) is 1. The second-order valence-corrected chi connectivity index (χ2v) is 5.08. The Hall–Kier alpha value is -2.08. The third kappa shape index (κ3) is 2.91. The van der Waals surface area contributed by atoms with Gasteiger partial charge in [0.1, 0.15) is 18.9 Å². The Morgan fingerprint density at radius 2 is 2.15 bits per heavy atom. The number of benzene rings is 1. The van der Waals surface area contributed by atoms with Crippen molar-refractivity contribution < 1.29 is 14.3 Å². The van der Waals surface area contributed by atoms with Crippen LogP contribution >= 0.6 is 11.3 Å².